The summed E-state index contributed by atoms with van der Waals surface area (Å²) in [5.74, 6) is -0.101. The standard InChI is InChI=1S/C23H34F3N3O3S/c1-3-27-22(30)29-14-6-8-19(28-33-2)20(29)15-31-17-12-10-16(11-13-17)18-7-4-5-9-21(18)32-23(24,25)26/h4-5,7,9,16-17,19-20,28H,3,6,8,10-15H2,1-2H3,(H,27,30). The molecular weight excluding hydrogens is 455 g/mol. The minimum Gasteiger partial charge on any atom is -0.405 e. The van der Waals surface area contributed by atoms with Gasteiger partial charge in [-0.05, 0) is 69.3 Å². The van der Waals surface area contributed by atoms with Gasteiger partial charge >= 0.3 is 12.4 Å². The van der Waals surface area contributed by atoms with E-state index >= 15 is 0 Å². The number of rotatable bonds is 8. The van der Waals surface area contributed by atoms with Crippen LogP contribution in [0.1, 0.15) is 56.9 Å². The molecule has 1 aliphatic carbocycles. The predicted molar refractivity (Wildman–Crippen MR) is 123 cm³/mol. The third-order valence-corrected chi connectivity index (χ3v) is 6.94. The lowest BCUT2D eigenvalue weighted by molar-refractivity contribution is -0.275. The topological polar surface area (TPSA) is 62.8 Å². The normalized spacial score (nSPS) is 26.2. The zero-order valence-corrected chi connectivity index (χ0v) is 20.0. The fourth-order valence-corrected chi connectivity index (χ4v) is 5.45. The number of nitrogens with one attached hydrogen (secondary N) is 2. The highest BCUT2D eigenvalue weighted by atomic mass is 32.2. The first-order valence-electron chi connectivity index (χ1n) is 11.6. The van der Waals surface area contributed by atoms with Gasteiger partial charge in [-0.3, -0.25) is 4.72 Å². The second-order valence-electron chi connectivity index (χ2n) is 8.56. The van der Waals surface area contributed by atoms with Crippen LogP contribution in [0.15, 0.2) is 24.3 Å². The molecule has 2 aliphatic rings. The summed E-state index contributed by atoms with van der Waals surface area (Å²) < 4.78 is 52.2. The van der Waals surface area contributed by atoms with E-state index in [0.717, 1.165) is 38.5 Å². The summed E-state index contributed by atoms with van der Waals surface area (Å²) >= 11 is 1.55. The van der Waals surface area contributed by atoms with Crippen molar-refractivity contribution in [1.29, 1.82) is 0 Å². The molecule has 0 radical (unpaired) electrons. The summed E-state index contributed by atoms with van der Waals surface area (Å²) in [4.78, 5) is 14.4. The van der Waals surface area contributed by atoms with Gasteiger partial charge in [-0.1, -0.05) is 30.1 Å². The average Bonchev–Trinajstić information content (AvgIpc) is 2.78. The van der Waals surface area contributed by atoms with Crippen molar-refractivity contribution in [3.05, 3.63) is 29.8 Å². The molecule has 186 valence electrons. The molecule has 0 spiro atoms. The van der Waals surface area contributed by atoms with Crippen LogP contribution in [0.4, 0.5) is 18.0 Å². The van der Waals surface area contributed by atoms with Crippen molar-refractivity contribution in [3.63, 3.8) is 0 Å². The van der Waals surface area contributed by atoms with Crippen LogP contribution in [0.3, 0.4) is 0 Å². The molecule has 2 N–H and O–H groups in total. The maximum Gasteiger partial charge on any atom is 0.573 e. The van der Waals surface area contributed by atoms with Crippen LogP contribution in [0.2, 0.25) is 0 Å². The van der Waals surface area contributed by atoms with Crippen molar-refractivity contribution < 1.29 is 27.4 Å². The molecule has 33 heavy (non-hydrogen) atoms. The van der Waals surface area contributed by atoms with Crippen LogP contribution in [-0.4, -0.2) is 61.4 Å². The predicted octanol–water partition coefficient (Wildman–Crippen LogP) is 5.06. The zero-order valence-electron chi connectivity index (χ0n) is 19.2. The Morgan fingerprint density at radius 1 is 1.18 bits per heavy atom. The number of nitrogens with zero attached hydrogens (tertiary/aromatic N) is 1. The van der Waals surface area contributed by atoms with Gasteiger partial charge < -0.3 is 19.7 Å². The van der Waals surface area contributed by atoms with E-state index in [2.05, 4.69) is 14.8 Å². The lowest BCUT2D eigenvalue weighted by Gasteiger charge is -2.42. The van der Waals surface area contributed by atoms with Crippen LogP contribution >= 0.6 is 11.9 Å². The molecule has 1 heterocycles. The first-order valence-corrected chi connectivity index (χ1v) is 12.8. The average molecular weight is 490 g/mol. The van der Waals surface area contributed by atoms with E-state index in [0.29, 0.717) is 25.3 Å². The van der Waals surface area contributed by atoms with Gasteiger partial charge in [-0.25, -0.2) is 4.79 Å². The first-order chi connectivity index (χ1) is 15.8. The van der Waals surface area contributed by atoms with Gasteiger partial charge in [-0.2, -0.15) is 0 Å². The van der Waals surface area contributed by atoms with Gasteiger partial charge in [-0.15, -0.1) is 13.2 Å². The second kappa shape index (κ2) is 12.2. The molecule has 2 fully saturated rings. The number of carbonyl (C=O) groups excluding carboxylic acids is 1. The number of alkyl halides is 3. The van der Waals surface area contributed by atoms with Gasteiger partial charge in [0.05, 0.1) is 18.8 Å². The summed E-state index contributed by atoms with van der Waals surface area (Å²) in [6.45, 7) is 3.63. The van der Waals surface area contributed by atoms with Crippen LogP contribution in [0.5, 0.6) is 5.75 Å². The monoisotopic (exact) mass is 489 g/mol. The van der Waals surface area contributed by atoms with Gasteiger partial charge in [0, 0.05) is 19.1 Å². The molecule has 1 aromatic carbocycles. The zero-order chi connectivity index (χ0) is 23.8. The number of benzene rings is 1. The molecule has 1 aliphatic heterocycles. The van der Waals surface area contributed by atoms with Crippen molar-refractivity contribution >= 4 is 18.0 Å². The Morgan fingerprint density at radius 2 is 1.91 bits per heavy atom. The molecule has 1 saturated heterocycles. The van der Waals surface area contributed by atoms with Crippen molar-refractivity contribution in [3.8, 4) is 5.75 Å². The third kappa shape index (κ3) is 7.42. The fourth-order valence-electron chi connectivity index (χ4n) is 4.87. The summed E-state index contributed by atoms with van der Waals surface area (Å²) in [5, 5.41) is 2.90. The summed E-state index contributed by atoms with van der Waals surface area (Å²) in [6.07, 6.45) is 2.23. The van der Waals surface area contributed by atoms with Crippen molar-refractivity contribution in [2.45, 2.75) is 75.9 Å². The van der Waals surface area contributed by atoms with E-state index in [9.17, 15) is 18.0 Å². The molecular formula is C23H34F3N3O3S. The lowest BCUT2D eigenvalue weighted by atomic mass is 9.82. The number of likely N-dealkylation sites (tertiary alicyclic amines) is 1. The van der Waals surface area contributed by atoms with E-state index in [4.69, 9.17) is 4.74 Å². The van der Waals surface area contributed by atoms with E-state index in [1.165, 1.54) is 6.07 Å². The quantitative estimate of drug-likeness (QED) is 0.500. The molecule has 0 bridgehead atoms. The summed E-state index contributed by atoms with van der Waals surface area (Å²) in [7, 11) is 0. The van der Waals surface area contributed by atoms with Gasteiger partial charge in [0.2, 0.25) is 0 Å². The van der Waals surface area contributed by atoms with E-state index < -0.39 is 6.36 Å². The number of urea groups is 1. The number of hydrogen-bond acceptors (Lipinski definition) is 5. The highest BCUT2D eigenvalue weighted by Gasteiger charge is 2.36. The van der Waals surface area contributed by atoms with Crippen molar-refractivity contribution in [2.75, 3.05) is 26.0 Å². The van der Waals surface area contributed by atoms with Crippen LogP contribution in [-0.2, 0) is 4.74 Å². The number of carbonyl (C=O) groups is 1. The molecule has 2 amide bonds. The smallest absolute Gasteiger partial charge is 0.405 e. The van der Waals surface area contributed by atoms with Gasteiger partial charge in [0.1, 0.15) is 5.75 Å². The van der Waals surface area contributed by atoms with Gasteiger partial charge in [0.15, 0.2) is 0 Å². The maximum absolute atomic E-state index is 12.8. The highest BCUT2D eigenvalue weighted by Crippen LogP contribution is 2.40. The Balaban J connectivity index is 1.57. The molecule has 2 unspecified atom stereocenters. The van der Waals surface area contributed by atoms with Crippen LogP contribution in [0.25, 0.3) is 0 Å². The molecule has 1 aromatic rings. The highest BCUT2D eigenvalue weighted by molar-refractivity contribution is 7.96. The van der Waals surface area contributed by atoms with E-state index in [1.54, 1.807) is 30.1 Å². The van der Waals surface area contributed by atoms with Gasteiger partial charge in [0.25, 0.3) is 0 Å². The second-order valence-corrected chi connectivity index (χ2v) is 9.20. The van der Waals surface area contributed by atoms with Crippen molar-refractivity contribution in [2.24, 2.45) is 0 Å². The van der Waals surface area contributed by atoms with E-state index in [-0.39, 0.29) is 35.9 Å². The fraction of sp³-hybridized carbons (Fsp3) is 0.696. The van der Waals surface area contributed by atoms with Crippen LogP contribution < -0.4 is 14.8 Å². The third-order valence-electron chi connectivity index (χ3n) is 6.40. The maximum atomic E-state index is 12.8. The minimum absolute atomic E-state index is 0.0100. The Labute approximate surface area is 198 Å². The van der Waals surface area contributed by atoms with Crippen LogP contribution in [0, 0.1) is 0 Å². The number of amides is 2. The number of piperidine rings is 1. The molecule has 6 nitrogen and oxygen atoms in total. The Hall–Kier alpha value is -1.65. The number of hydrogen-bond donors (Lipinski definition) is 2. The molecule has 0 aromatic heterocycles. The van der Waals surface area contributed by atoms with E-state index in [1.807, 2.05) is 18.1 Å². The minimum atomic E-state index is -4.70. The lowest BCUT2D eigenvalue weighted by Crippen LogP contribution is -2.59. The Bertz CT molecular complexity index is 758. The molecule has 1 saturated carbocycles. The summed E-state index contributed by atoms with van der Waals surface area (Å²) in [5.41, 5.74) is 0.604. The molecule has 3 rings (SSSR count). The Morgan fingerprint density at radius 3 is 2.58 bits per heavy atom. The number of ether oxygens (including phenoxy) is 2. The van der Waals surface area contributed by atoms with Crippen molar-refractivity contribution in [1.82, 2.24) is 14.9 Å². The number of halogens is 3. The summed E-state index contributed by atoms with van der Waals surface area (Å²) in [6, 6.07) is 6.43. The molecule has 2 atom stereocenters. The SMILES string of the molecule is CCNC(=O)N1CCCC(NSC)C1COC1CCC(c2ccccc2OC(F)(F)F)CC1. The Kier molecular flexibility index (Phi) is 9.57. The number of para-hydroxylation sites is 1. The first kappa shape index (κ1) is 26.0. The largest absolute Gasteiger partial charge is 0.573 e. The molecule has 10 heteroatoms.